The summed E-state index contributed by atoms with van der Waals surface area (Å²) >= 11 is 0. The van der Waals surface area contributed by atoms with Crippen molar-refractivity contribution in [2.75, 3.05) is 10.6 Å². The minimum Gasteiger partial charge on any atom is -0.367 e. The van der Waals surface area contributed by atoms with E-state index in [1.54, 1.807) is 18.5 Å². The van der Waals surface area contributed by atoms with Gasteiger partial charge in [-0.25, -0.2) is 0 Å². The molecule has 4 heteroatoms. The molecule has 0 bridgehead atoms. The van der Waals surface area contributed by atoms with Gasteiger partial charge in [0.25, 0.3) is 5.91 Å². The van der Waals surface area contributed by atoms with Gasteiger partial charge in [-0.1, -0.05) is 30.3 Å². The van der Waals surface area contributed by atoms with Crippen molar-refractivity contribution < 1.29 is 4.79 Å². The molecule has 4 nitrogen and oxygen atoms in total. The van der Waals surface area contributed by atoms with Crippen molar-refractivity contribution in [2.45, 2.75) is 6.04 Å². The van der Waals surface area contributed by atoms with Crippen LogP contribution in [0.2, 0.25) is 0 Å². The van der Waals surface area contributed by atoms with Gasteiger partial charge in [-0.15, -0.1) is 0 Å². The van der Waals surface area contributed by atoms with E-state index in [1.807, 2.05) is 30.3 Å². The quantitative estimate of drug-likeness (QED) is 0.782. The number of rotatable bonds is 1. The van der Waals surface area contributed by atoms with E-state index in [0.29, 0.717) is 0 Å². The summed E-state index contributed by atoms with van der Waals surface area (Å²) in [6, 6.07) is 11.1. The molecular weight excluding hydrogens is 214 g/mol. The smallest absolute Gasteiger partial charge is 0.251 e. The average molecular weight is 225 g/mol. The van der Waals surface area contributed by atoms with E-state index in [0.717, 1.165) is 16.9 Å². The third kappa shape index (κ3) is 1.73. The predicted molar refractivity (Wildman–Crippen MR) is 65.7 cm³/mol. The molecule has 0 fully saturated rings. The SMILES string of the molecule is O=C1Nc2ccncc2N[C@@H]1c1ccccc1. The van der Waals surface area contributed by atoms with Crippen LogP contribution >= 0.6 is 0 Å². The molecule has 1 aromatic carbocycles. The standard InChI is InChI=1S/C13H11N3O/c17-13-12(9-4-2-1-3-5-9)15-11-8-14-7-6-10(11)16-13/h1-8,12,15H,(H,16,17)/t12-/m1/s1. The first kappa shape index (κ1) is 9.84. The molecule has 1 aromatic heterocycles. The molecular formula is C13H11N3O. The molecule has 2 heterocycles. The van der Waals surface area contributed by atoms with E-state index in [1.165, 1.54) is 0 Å². The number of nitrogens with one attached hydrogen (secondary N) is 2. The second-order valence-corrected chi connectivity index (χ2v) is 3.90. The zero-order valence-corrected chi connectivity index (χ0v) is 9.05. The second kappa shape index (κ2) is 3.90. The van der Waals surface area contributed by atoms with Gasteiger partial charge < -0.3 is 10.6 Å². The van der Waals surface area contributed by atoms with Gasteiger partial charge in [0.1, 0.15) is 6.04 Å². The van der Waals surface area contributed by atoms with Gasteiger partial charge in [0, 0.05) is 6.20 Å². The first-order valence-electron chi connectivity index (χ1n) is 5.41. The summed E-state index contributed by atoms with van der Waals surface area (Å²) in [5.41, 5.74) is 2.57. The van der Waals surface area contributed by atoms with Crippen molar-refractivity contribution in [2.24, 2.45) is 0 Å². The summed E-state index contributed by atoms with van der Waals surface area (Å²) in [4.78, 5) is 16.0. The predicted octanol–water partition coefficient (Wildman–Crippen LogP) is 2.19. The Morgan fingerprint density at radius 2 is 1.88 bits per heavy atom. The Labute approximate surface area is 98.7 Å². The molecule has 0 unspecified atom stereocenters. The van der Waals surface area contributed by atoms with Crippen molar-refractivity contribution in [1.82, 2.24) is 4.98 Å². The number of pyridine rings is 1. The Morgan fingerprint density at radius 3 is 2.71 bits per heavy atom. The van der Waals surface area contributed by atoms with Crippen LogP contribution in [0.5, 0.6) is 0 Å². The lowest BCUT2D eigenvalue weighted by Crippen LogP contribution is -2.31. The summed E-state index contributed by atoms with van der Waals surface area (Å²) in [5.74, 6) is -0.0464. The number of amides is 1. The van der Waals surface area contributed by atoms with Crippen LogP contribution in [0.3, 0.4) is 0 Å². The van der Waals surface area contributed by atoms with Crippen LogP contribution in [-0.4, -0.2) is 10.9 Å². The van der Waals surface area contributed by atoms with Crippen LogP contribution in [0.1, 0.15) is 11.6 Å². The highest BCUT2D eigenvalue weighted by Crippen LogP contribution is 2.30. The number of carbonyl (C=O) groups is 1. The normalized spacial score (nSPS) is 17.9. The minimum absolute atomic E-state index is 0.0464. The zero-order valence-electron chi connectivity index (χ0n) is 9.05. The van der Waals surface area contributed by atoms with Crippen LogP contribution in [0.25, 0.3) is 0 Å². The van der Waals surface area contributed by atoms with Gasteiger partial charge in [-0.3, -0.25) is 9.78 Å². The maximum atomic E-state index is 12.0. The van der Waals surface area contributed by atoms with Crippen LogP contribution in [-0.2, 0) is 4.79 Å². The van der Waals surface area contributed by atoms with Crippen molar-refractivity contribution >= 4 is 17.3 Å². The number of aromatic nitrogens is 1. The first-order chi connectivity index (χ1) is 8.34. The maximum absolute atomic E-state index is 12.0. The molecule has 17 heavy (non-hydrogen) atoms. The highest BCUT2D eigenvalue weighted by atomic mass is 16.2. The van der Waals surface area contributed by atoms with Crippen LogP contribution in [0.4, 0.5) is 11.4 Å². The van der Waals surface area contributed by atoms with Crippen LogP contribution in [0.15, 0.2) is 48.8 Å². The molecule has 3 rings (SSSR count). The van der Waals surface area contributed by atoms with E-state index in [4.69, 9.17) is 0 Å². The fourth-order valence-electron chi connectivity index (χ4n) is 1.92. The van der Waals surface area contributed by atoms with E-state index >= 15 is 0 Å². The Kier molecular flexibility index (Phi) is 2.26. The molecule has 84 valence electrons. The van der Waals surface area contributed by atoms with Gasteiger partial charge in [0.05, 0.1) is 17.6 Å². The molecule has 0 aliphatic carbocycles. The highest BCUT2D eigenvalue weighted by Gasteiger charge is 2.26. The minimum atomic E-state index is -0.354. The lowest BCUT2D eigenvalue weighted by molar-refractivity contribution is -0.117. The Morgan fingerprint density at radius 1 is 1.06 bits per heavy atom. The molecule has 2 N–H and O–H groups in total. The van der Waals surface area contributed by atoms with Gasteiger partial charge in [-0.2, -0.15) is 0 Å². The molecule has 2 aromatic rings. The number of hydrogen-bond acceptors (Lipinski definition) is 3. The molecule has 1 atom stereocenters. The van der Waals surface area contributed by atoms with E-state index in [9.17, 15) is 4.79 Å². The second-order valence-electron chi connectivity index (χ2n) is 3.90. The number of carbonyl (C=O) groups excluding carboxylic acids is 1. The maximum Gasteiger partial charge on any atom is 0.251 e. The van der Waals surface area contributed by atoms with Gasteiger partial charge >= 0.3 is 0 Å². The molecule has 0 saturated heterocycles. The van der Waals surface area contributed by atoms with Crippen molar-refractivity contribution in [3.05, 3.63) is 54.4 Å². The topological polar surface area (TPSA) is 54.0 Å². The summed E-state index contributed by atoms with van der Waals surface area (Å²) in [6.45, 7) is 0. The van der Waals surface area contributed by atoms with Gasteiger partial charge in [-0.05, 0) is 11.6 Å². The van der Waals surface area contributed by atoms with Crippen LogP contribution in [0, 0.1) is 0 Å². The average Bonchev–Trinajstić information content (AvgIpc) is 2.39. The Hall–Kier alpha value is -2.36. The zero-order chi connectivity index (χ0) is 11.7. The largest absolute Gasteiger partial charge is 0.367 e. The van der Waals surface area contributed by atoms with E-state index < -0.39 is 0 Å². The monoisotopic (exact) mass is 225 g/mol. The number of anilines is 2. The number of nitrogens with zero attached hydrogens (tertiary/aromatic N) is 1. The lowest BCUT2D eigenvalue weighted by Gasteiger charge is -2.26. The molecule has 0 spiro atoms. The summed E-state index contributed by atoms with van der Waals surface area (Å²) in [5, 5.41) is 6.06. The summed E-state index contributed by atoms with van der Waals surface area (Å²) in [6.07, 6.45) is 3.37. The number of benzene rings is 1. The van der Waals surface area contributed by atoms with Crippen molar-refractivity contribution in [1.29, 1.82) is 0 Å². The summed E-state index contributed by atoms with van der Waals surface area (Å²) in [7, 11) is 0. The Bertz CT molecular complexity index is 554. The third-order valence-corrected chi connectivity index (χ3v) is 2.77. The lowest BCUT2D eigenvalue weighted by atomic mass is 10.0. The highest BCUT2D eigenvalue weighted by molar-refractivity contribution is 6.03. The molecule has 1 aliphatic rings. The Balaban J connectivity index is 1.98. The molecule has 1 aliphatic heterocycles. The fraction of sp³-hybridized carbons (Fsp3) is 0.0769. The molecule has 0 saturated carbocycles. The van der Waals surface area contributed by atoms with Crippen molar-refractivity contribution in [3.8, 4) is 0 Å². The third-order valence-electron chi connectivity index (χ3n) is 2.77. The van der Waals surface area contributed by atoms with Gasteiger partial charge in [0.2, 0.25) is 0 Å². The summed E-state index contributed by atoms with van der Waals surface area (Å²) < 4.78 is 0. The number of fused-ring (bicyclic) bond motifs is 1. The van der Waals surface area contributed by atoms with E-state index in [-0.39, 0.29) is 11.9 Å². The van der Waals surface area contributed by atoms with E-state index in [2.05, 4.69) is 15.6 Å². The fourth-order valence-corrected chi connectivity index (χ4v) is 1.92. The first-order valence-corrected chi connectivity index (χ1v) is 5.41. The van der Waals surface area contributed by atoms with Crippen LogP contribution < -0.4 is 10.6 Å². The van der Waals surface area contributed by atoms with Gasteiger partial charge in [0.15, 0.2) is 0 Å². The van der Waals surface area contributed by atoms with Crippen molar-refractivity contribution in [3.63, 3.8) is 0 Å². The molecule has 0 radical (unpaired) electrons. The number of hydrogen-bond donors (Lipinski definition) is 2. The molecule has 1 amide bonds.